The van der Waals surface area contributed by atoms with Crippen molar-refractivity contribution < 1.29 is 9.53 Å². The fourth-order valence-electron chi connectivity index (χ4n) is 3.62. The molecule has 1 aliphatic carbocycles. The van der Waals surface area contributed by atoms with Gasteiger partial charge in [0, 0.05) is 12.2 Å². The lowest BCUT2D eigenvalue weighted by molar-refractivity contribution is 0.00805. The lowest BCUT2D eigenvalue weighted by atomic mass is 9.82. The van der Waals surface area contributed by atoms with Crippen LogP contribution in [0.2, 0.25) is 0 Å². The Bertz CT molecular complexity index is 502. The third-order valence-corrected chi connectivity index (χ3v) is 4.46. The maximum atomic E-state index is 12.3. The second-order valence-corrected chi connectivity index (χ2v) is 6.49. The number of hydrogen-bond acceptors (Lipinski definition) is 3. The Balaban J connectivity index is 1.67. The quantitative estimate of drug-likeness (QED) is 0.836. The van der Waals surface area contributed by atoms with Gasteiger partial charge in [-0.05, 0) is 61.3 Å². The van der Waals surface area contributed by atoms with Crippen molar-refractivity contribution in [3.05, 3.63) is 29.3 Å². The van der Waals surface area contributed by atoms with E-state index in [1.54, 1.807) is 0 Å². The molecule has 1 aromatic rings. The number of benzene rings is 1. The molecule has 108 valence electrons. The molecule has 0 saturated heterocycles. The van der Waals surface area contributed by atoms with Crippen molar-refractivity contribution >= 4 is 11.7 Å². The molecule has 1 fully saturated rings. The molecule has 1 N–H and O–H groups in total. The topological polar surface area (TPSA) is 38.3 Å². The van der Waals surface area contributed by atoms with Crippen molar-refractivity contribution in [1.29, 1.82) is 0 Å². The predicted octanol–water partition coefficient (Wildman–Crippen LogP) is 3.64. The van der Waals surface area contributed by atoms with Crippen LogP contribution in [-0.4, -0.2) is 18.6 Å². The fraction of sp³-hybridized carbons (Fsp3) is 0.588. The number of fused-ring (bicyclic) bond motifs is 1. The molecule has 3 heteroatoms. The van der Waals surface area contributed by atoms with Gasteiger partial charge in [0.15, 0.2) is 0 Å². The largest absolute Gasteiger partial charge is 0.459 e. The lowest BCUT2D eigenvalue weighted by Gasteiger charge is -2.31. The van der Waals surface area contributed by atoms with Crippen LogP contribution in [0.15, 0.2) is 18.2 Å². The van der Waals surface area contributed by atoms with E-state index >= 15 is 0 Å². The maximum absolute atomic E-state index is 12.3. The molecule has 2 atom stereocenters. The summed E-state index contributed by atoms with van der Waals surface area (Å²) in [6.45, 7) is 5.46. The van der Waals surface area contributed by atoms with E-state index in [0.717, 1.165) is 31.5 Å². The van der Waals surface area contributed by atoms with E-state index in [9.17, 15) is 4.79 Å². The van der Waals surface area contributed by atoms with Gasteiger partial charge in [-0.25, -0.2) is 4.79 Å². The number of carbonyl (C=O) groups is 1. The van der Waals surface area contributed by atoms with Crippen LogP contribution in [0, 0.1) is 11.8 Å². The average Bonchev–Trinajstić information content (AvgIpc) is 2.84. The molecular weight excluding hydrogens is 250 g/mol. The van der Waals surface area contributed by atoms with Crippen molar-refractivity contribution in [2.75, 3.05) is 11.9 Å². The minimum absolute atomic E-state index is 0.0904. The molecule has 2 aliphatic rings. The van der Waals surface area contributed by atoms with E-state index in [-0.39, 0.29) is 12.1 Å². The third kappa shape index (κ3) is 2.82. The number of esters is 1. The molecular formula is C17H23NO2. The van der Waals surface area contributed by atoms with Crippen LogP contribution < -0.4 is 5.32 Å². The van der Waals surface area contributed by atoms with Gasteiger partial charge in [-0.2, -0.15) is 0 Å². The SMILES string of the molecule is CC1CC(C)CC(OC(=O)c2ccc3c(c2)CCN3)C1. The first-order valence-electron chi connectivity index (χ1n) is 7.69. The van der Waals surface area contributed by atoms with Gasteiger partial charge < -0.3 is 10.1 Å². The van der Waals surface area contributed by atoms with Crippen LogP contribution >= 0.6 is 0 Å². The smallest absolute Gasteiger partial charge is 0.338 e. The Kier molecular flexibility index (Phi) is 3.68. The summed E-state index contributed by atoms with van der Waals surface area (Å²) in [7, 11) is 0. The maximum Gasteiger partial charge on any atom is 0.338 e. The normalized spacial score (nSPS) is 28.6. The minimum atomic E-state index is -0.161. The second kappa shape index (κ2) is 5.47. The molecule has 0 radical (unpaired) electrons. The van der Waals surface area contributed by atoms with Gasteiger partial charge in [0.2, 0.25) is 0 Å². The van der Waals surface area contributed by atoms with Gasteiger partial charge in [-0.3, -0.25) is 0 Å². The first-order chi connectivity index (χ1) is 9.61. The molecule has 3 rings (SSSR count). The molecule has 3 nitrogen and oxygen atoms in total. The summed E-state index contributed by atoms with van der Waals surface area (Å²) >= 11 is 0. The summed E-state index contributed by atoms with van der Waals surface area (Å²) in [5.41, 5.74) is 3.07. The Morgan fingerprint density at radius 2 is 1.95 bits per heavy atom. The Morgan fingerprint density at radius 1 is 1.20 bits per heavy atom. The van der Waals surface area contributed by atoms with Crippen LogP contribution in [0.3, 0.4) is 0 Å². The highest BCUT2D eigenvalue weighted by molar-refractivity contribution is 5.90. The number of anilines is 1. The summed E-state index contributed by atoms with van der Waals surface area (Å²) in [4.78, 5) is 12.3. The van der Waals surface area contributed by atoms with Crippen molar-refractivity contribution in [3.8, 4) is 0 Å². The van der Waals surface area contributed by atoms with Crippen molar-refractivity contribution in [1.82, 2.24) is 0 Å². The van der Waals surface area contributed by atoms with Crippen molar-refractivity contribution in [3.63, 3.8) is 0 Å². The third-order valence-electron chi connectivity index (χ3n) is 4.46. The Labute approximate surface area is 120 Å². The zero-order valence-corrected chi connectivity index (χ0v) is 12.3. The average molecular weight is 273 g/mol. The number of nitrogens with one attached hydrogen (secondary N) is 1. The number of rotatable bonds is 2. The predicted molar refractivity (Wildman–Crippen MR) is 80.0 cm³/mol. The van der Waals surface area contributed by atoms with Gasteiger partial charge in [-0.15, -0.1) is 0 Å². The van der Waals surface area contributed by atoms with E-state index in [2.05, 4.69) is 19.2 Å². The van der Waals surface area contributed by atoms with E-state index in [4.69, 9.17) is 4.74 Å². The molecule has 2 unspecified atom stereocenters. The van der Waals surface area contributed by atoms with E-state index in [1.165, 1.54) is 12.0 Å². The van der Waals surface area contributed by atoms with Gasteiger partial charge in [-0.1, -0.05) is 13.8 Å². The summed E-state index contributed by atoms with van der Waals surface area (Å²) in [5, 5.41) is 3.31. The van der Waals surface area contributed by atoms with E-state index < -0.39 is 0 Å². The zero-order chi connectivity index (χ0) is 14.1. The standard InChI is InChI=1S/C17H23NO2/c1-11-7-12(2)9-15(8-11)20-17(19)14-3-4-16-13(10-14)5-6-18-16/h3-4,10-12,15,18H,5-9H2,1-2H3. The van der Waals surface area contributed by atoms with E-state index in [0.29, 0.717) is 17.4 Å². The van der Waals surface area contributed by atoms with Crippen LogP contribution in [0.4, 0.5) is 5.69 Å². The van der Waals surface area contributed by atoms with Crippen LogP contribution in [0.25, 0.3) is 0 Å². The first kappa shape index (κ1) is 13.5. The van der Waals surface area contributed by atoms with Gasteiger partial charge in [0.05, 0.1) is 5.56 Å². The number of carbonyl (C=O) groups excluding carboxylic acids is 1. The summed E-state index contributed by atoms with van der Waals surface area (Å²) in [6.07, 6.45) is 4.34. The molecule has 1 saturated carbocycles. The highest BCUT2D eigenvalue weighted by Crippen LogP contribution is 2.31. The Hall–Kier alpha value is -1.51. The molecule has 20 heavy (non-hydrogen) atoms. The van der Waals surface area contributed by atoms with Gasteiger partial charge >= 0.3 is 5.97 Å². The second-order valence-electron chi connectivity index (χ2n) is 6.49. The summed E-state index contributed by atoms with van der Waals surface area (Å²) in [5.74, 6) is 1.15. The number of ether oxygens (including phenoxy) is 1. The van der Waals surface area contributed by atoms with Crippen LogP contribution in [0.1, 0.15) is 49.0 Å². The number of hydrogen-bond donors (Lipinski definition) is 1. The molecule has 0 aromatic heterocycles. The van der Waals surface area contributed by atoms with Gasteiger partial charge in [0.25, 0.3) is 0 Å². The monoisotopic (exact) mass is 273 g/mol. The van der Waals surface area contributed by atoms with Crippen molar-refractivity contribution in [2.45, 2.75) is 45.6 Å². The molecule has 0 spiro atoms. The zero-order valence-electron chi connectivity index (χ0n) is 12.3. The van der Waals surface area contributed by atoms with Crippen LogP contribution in [-0.2, 0) is 11.2 Å². The van der Waals surface area contributed by atoms with Gasteiger partial charge in [0.1, 0.15) is 6.10 Å². The molecule has 1 aromatic carbocycles. The molecule has 0 amide bonds. The Morgan fingerprint density at radius 3 is 2.70 bits per heavy atom. The summed E-state index contributed by atoms with van der Waals surface area (Å²) < 4.78 is 5.72. The van der Waals surface area contributed by atoms with Crippen molar-refractivity contribution in [2.24, 2.45) is 11.8 Å². The van der Waals surface area contributed by atoms with Crippen LogP contribution in [0.5, 0.6) is 0 Å². The fourth-order valence-corrected chi connectivity index (χ4v) is 3.62. The summed E-state index contributed by atoms with van der Waals surface area (Å²) in [6, 6.07) is 5.84. The molecule has 1 aliphatic heterocycles. The lowest BCUT2D eigenvalue weighted by Crippen LogP contribution is -2.28. The molecule has 0 bridgehead atoms. The molecule has 1 heterocycles. The minimum Gasteiger partial charge on any atom is -0.459 e. The van der Waals surface area contributed by atoms with E-state index in [1.807, 2.05) is 18.2 Å². The first-order valence-corrected chi connectivity index (χ1v) is 7.69. The highest BCUT2D eigenvalue weighted by Gasteiger charge is 2.27. The highest BCUT2D eigenvalue weighted by atomic mass is 16.5.